The lowest BCUT2D eigenvalue weighted by molar-refractivity contribution is -0.153. The van der Waals surface area contributed by atoms with E-state index in [9.17, 15) is 14.7 Å². The van der Waals surface area contributed by atoms with Gasteiger partial charge in [0.2, 0.25) is 5.91 Å². The van der Waals surface area contributed by atoms with Crippen molar-refractivity contribution in [1.82, 2.24) is 4.90 Å². The van der Waals surface area contributed by atoms with E-state index >= 15 is 0 Å². The molecule has 1 heterocycles. The third kappa shape index (κ3) is 2.99. The van der Waals surface area contributed by atoms with Gasteiger partial charge in [0, 0.05) is 19.0 Å². The van der Waals surface area contributed by atoms with Crippen molar-refractivity contribution in [3.8, 4) is 0 Å². The minimum Gasteiger partial charge on any atom is -0.480 e. The summed E-state index contributed by atoms with van der Waals surface area (Å²) in [7, 11) is 0. The highest BCUT2D eigenvalue weighted by Gasteiger charge is 2.59. The fourth-order valence-electron chi connectivity index (χ4n) is 3.02. The van der Waals surface area contributed by atoms with Gasteiger partial charge in [-0.15, -0.1) is 0 Å². The molecule has 1 N–H and O–H groups in total. The van der Waals surface area contributed by atoms with E-state index in [4.69, 9.17) is 4.74 Å². The first-order valence-electron chi connectivity index (χ1n) is 7.76. The second-order valence-corrected chi connectivity index (χ2v) is 6.29. The fraction of sp³-hybridized carbons (Fsp3) is 0.529. The summed E-state index contributed by atoms with van der Waals surface area (Å²) < 4.78 is 5.73. The number of carbonyl (C=O) groups excluding carboxylic acids is 1. The molecule has 1 aromatic rings. The van der Waals surface area contributed by atoms with E-state index in [1.54, 1.807) is 4.90 Å². The third-order valence-electron chi connectivity index (χ3n) is 4.61. The molecule has 0 unspecified atom stereocenters. The predicted molar refractivity (Wildman–Crippen MR) is 80.1 cm³/mol. The van der Waals surface area contributed by atoms with Crippen molar-refractivity contribution < 1.29 is 19.4 Å². The van der Waals surface area contributed by atoms with Crippen LogP contribution in [0.4, 0.5) is 0 Å². The minimum absolute atomic E-state index is 0.203. The summed E-state index contributed by atoms with van der Waals surface area (Å²) in [6.07, 6.45) is 1.84. The van der Waals surface area contributed by atoms with Crippen LogP contribution >= 0.6 is 0 Å². The molecule has 5 nitrogen and oxygen atoms in total. The van der Waals surface area contributed by atoms with Crippen LogP contribution in [0, 0.1) is 11.3 Å². The van der Waals surface area contributed by atoms with Crippen LogP contribution in [0.1, 0.15) is 24.8 Å². The molecule has 1 saturated heterocycles. The van der Waals surface area contributed by atoms with Gasteiger partial charge in [0.1, 0.15) is 5.41 Å². The Morgan fingerprint density at radius 1 is 1.27 bits per heavy atom. The summed E-state index contributed by atoms with van der Waals surface area (Å²) >= 11 is 0. The fourth-order valence-corrected chi connectivity index (χ4v) is 3.02. The van der Waals surface area contributed by atoms with Gasteiger partial charge in [-0.3, -0.25) is 9.59 Å². The number of amides is 1. The molecular weight excluding hydrogens is 282 g/mol. The van der Waals surface area contributed by atoms with Gasteiger partial charge in [0.25, 0.3) is 0 Å². The molecule has 1 amide bonds. The average molecular weight is 303 g/mol. The second-order valence-electron chi connectivity index (χ2n) is 6.29. The second kappa shape index (κ2) is 6.08. The lowest BCUT2D eigenvalue weighted by atomic mass is 10.1. The first-order chi connectivity index (χ1) is 10.6. The molecule has 118 valence electrons. The Morgan fingerprint density at radius 3 is 2.64 bits per heavy atom. The van der Waals surface area contributed by atoms with Crippen LogP contribution in [-0.4, -0.2) is 41.6 Å². The molecule has 2 aliphatic rings. The van der Waals surface area contributed by atoms with Gasteiger partial charge >= 0.3 is 5.97 Å². The molecule has 1 aromatic carbocycles. The first kappa shape index (κ1) is 15.0. The van der Waals surface area contributed by atoms with Crippen molar-refractivity contribution in [2.24, 2.45) is 11.3 Å². The Labute approximate surface area is 129 Å². The van der Waals surface area contributed by atoms with Crippen molar-refractivity contribution in [3.05, 3.63) is 35.9 Å². The summed E-state index contributed by atoms with van der Waals surface area (Å²) in [5.74, 6) is -0.871. The molecule has 1 saturated carbocycles. The van der Waals surface area contributed by atoms with Gasteiger partial charge < -0.3 is 14.7 Å². The Balaban J connectivity index is 1.45. The Kier molecular flexibility index (Phi) is 4.16. The van der Waals surface area contributed by atoms with Crippen LogP contribution in [0.5, 0.6) is 0 Å². The zero-order valence-corrected chi connectivity index (χ0v) is 12.5. The summed E-state index contributed by atoms with van der Waals surface area (Å²) in [5, 5.41) is 9.20. The van der Waals surface area contributed by atoms with Crippen molar-refractivity contribution in [1.29, 1.82) is 0 Å². The summed E-state index contributed by atoms with van der Waals surface area (Å²) in [6, 6.07) is 9.98. The van der Waals surface area contributed by atoms with Gasteiger partial charge in [-0.2, -0.15) is 0 Å². The molecule has 5 heteroatoms. The van der Waals surface area contributed by atoms with Crippen LogP contribution in [-0.2, 0) is 20.9 Å². The maximum absolute atomic E-state index is 12.3. The number of carboxylic acids is 1. The highest BCUT2D eigenvalue weighted by atomic mass is 16.5. The largest absolute Gasteiger partial charge is 0.480 e. The van der Waals surface area contributed by atoms with E-state index in [-0.39, 0.29) is 5.91 Å². The number of carboxylic acid groups (broad SMARTS) is 1. The average Bonchev–Trinajstić information content (AvgIpc) is 3.21. The summed E-state index contributed by atoms with van der Waals surface area (Å²) in [6.45, 7) is 2.44. The smallest absolute Gasteiger partial charge is 0.319 e. The number of aliphatic carboxylic acids is 1. The SMILES string of the molecule is O=C(O)C1(C(=O)N2CC[C@H](COCc3ccccc3)C2)CC1. The van der Waals surface area contributed by atoms with Crippen molar-refractivity contribution in [3.63, 3.8) is 0 Å². The van der Waals surface area contributed by atoms with Crippen LogP contribution in [0.3, 0.4) is 0 Å². The molecular formula is C17H21NO4. The maximum atomic E-state index is 12.3. The van der Waals surface area contributed by atoms with Gasteiger partial charge in [-0.25, -0.2) is 0 Å². The molecule has 0 bridgehead atoms. The molecule has 3 rings (SSSR count). The van der Waals surface area contributed by atoms with Crippen molar-refractivity contribution >= 4 is 11.9 Å². The summed E-state index contributed by atoms with van der Waals surface area (Å²) in [5.41, 5.74) is 0.0241. The van der Waals surface area contributed by atoms with Crippen molar-refractivity contribution in [2.45, 2.75) is 25.9 Å². The molecule has 1 aliphatic carbocycles. The highest BCUT2D eigenvalue weighted by Crippen LogP contribution is 2.48. The first-order valence-corrected chi connectivity index (χ1v) is 7.76. The van der Waals surface area contributed by atoms with E-state index in [1.165, 1.54) is 0 Å². The zero-order valence-electron chi connectivity index (χ0n) is 12.5. The molecule has 0 aromatic heterocycles. The topological polar surface area (TPSA) is 66.8 Å². The maximum Gasteiger partial charge on any atom is 0.319 e. The number of rotatable bonds is 6. The number of benzene rings is 1. The van der Waals surface area contributed by atoms with Crippen LogP contribution in [0.15, 0.2) is 30.3 Å². The lowest BCUT2D eigenvalue weighted by Gasteiger charge is -2.20. The number of hydrogen-bond acceptors (Lipinski definition) is 3. The highest BCUT2D eigenvalue weighted by molar-refractivity contribution is 6.04. The summed E-state index contributed by atoms with van der Waals surface area (Å²) in [4.78, 5) is 25.2. The monoisotopic (exact) mass is 303 g/mol. The van der Waals surface area contributed by atoms with Gasteiger partial charge in [0.15, 0.2) is 0 Å². The minimum atomic E-state index is -1.11. The van der Waals surface area contributed by atoms with E-state index < -0.39 is 11.4 Å². The Bertz CT molecular complexity index is 553. The number of hydrogen-bond donors (Lipinski definition) is 1. The Hall–Kier alpha value is -1.88. The number of carbonyl (C=O) groups is 2. The molecule has 0 radical (unpaired) electrons. The molecule has 2 fully saturated rings. The zero-order chi connectivity index (χ0) is 15.6. The van der Waals surface area contributed by atoms with Gasteiger partial charge in [-0.05, 0) is 24.8 Å². The van der Waals surface area contributed by atoms with Gasteiger partial charge in [-0.1, -0.05) is 30.3 Å². The molecule has 1 atom stereocenters. The third-order valence-corrected chi connectivity index (χ3v) is 4.61. The number of ether oxygens (including phenoxy) is 1. The number of likely N-dealkylation sites (tertiary alicyclic amines) is 1. The lowest BCUT2D eigenvalue weighted by Crippen LogP contribution is -2.39. The van der Waals surface area contributed by atoms with Crippen LogP contribution < -0.4 is 0 Å². The Morgan fingerprint density at radius 2 is 2.00 bits per heavy atom. The van der Waals surface area contributed by atoms with E-state index in [1.807, 2.05) is 30.3 Å². The predicted octanol–water partition coefficient (Wildman–Crippen LogP) is 1.92. The van der Waals surface area contributed by atoms with E-state index in [0.717, 1.165) is 12.0 Å². The number of nitrogens with zero attached hydrogens (tertiary/aromatic N) is 1. The van der Waals surface area contributed by atoms with E-state index in [2.05, 4.69) is 0 Å². The van der Waals surface area contributed by atoms with Crippen LogP contribution in [0.2, 0.25) is 0 Å². The van der Waals surface area contributed by atoms with Crippen molar-refractivity contribution in [2.75, 3.05) is 19.7 Å². The normalized spacial score (nSPS) is 22.5. The quantitative estimate of drug-likeness (QED) is 0.815. The van der Waals surface area contributed by atoms with E-state index in [0.29, 0.717) is 45.1 Å². The van der Waals surface area contributed by atoms with Crippen LogP contribution in [0.25, 0.3) is 0 Å². The molecule has 0 spiro atoms. The van der Waals surface area contributed by atoms with Gasteiger partial charge in [0.05, 0.1) is 13.2 Å². The standard InChI is InChI=1S/C17H21NO4/c19-15(17(7-8-17)16(20)21)18-9-6-14(10-18)12-22-11-13-4-2-1-3-5-13/h1-5,14H,6-12H2,(H,20,21)/t14-/m0/s1. The molecule has 1 aliphatic heterocycles. The molecule has 22 heavy (non-hydrogen) atoms.